The number of amides is 1. The lowest BCUT2D eigenvalue weighted by molar-refractivity contribution is -0.127. The van der Waals surface area contributed by atoms with Crippen LogP contribution in [0.5, 0.6) is 0 Å². The number of carbonyl (C=O) groups excluding carboxylic acids is 2. The highest BCUT2D eigenvalue weighted by atomic mass is 35.5. The Morgan fingerprint density at radius 3 is 2.82 bits per heavy atom. The molecule has 3 rings (SSSR count). The Morgan fingerprint density at radius 2 is 2.18 bits per heavy atom. The molecule has 1 fully saturated rings. The largest absolute Gasteiger partial charge is 0.368 e. The molecule has 0 N–H and O–H groups in total. The molecule has 2 aliphatic heterocycles. The lowest BCUT2D eigenvalue weighted by atomic mass is 10.0. The minimum absolute atomic E-state index is 0.0357. The van der Waals surface area contributed by atoms with Crippen molar-refractivity contribution in [2.45, 2.75) is 50.6 Å². The number of carbonyl (C=O) groups is 2. The van der Waals surface area contributed by atoms with Crippen molar-refractivity contribution in [1.29, 1.82) is 0 Å². The summed E-state index contributed by atoms with van der Waals surface area (Å²) in [6.07, 6.45) is 2.16. The minimum Gasteiger partial charge on any atom is -0.368 e. The Morgan fingerprint density at radius 1 is 1.41 bits per heavy atom. The number of ether oxygens (including phenoxy) is 1. The topological polar surface area (TPSA) is 46.6 Å². The standard InChI is InChI=1S/C17H20ClNO3/c1-10-8-13-9-12(16(20)11(2)18)5-6-14(13)19(10)17(21)15-4-3-7-22-15/h5-6,9-11,15H,3-4,7-8H2,1-2H3. The predicted octanol–water partition coefficient (Wildman–Crippen LogP) is 2.95. The molecule has 5 heteroatoms. The van der Waals surface area contributed by atoms with Crippen molar-refractivity contribution in [1.82, 2.24) is 0 Å². The van der Waals surface area contributed by atoms with Gasteiger partial charge >= 0.3 is 0 Å². The number of hydrogen-bond acceptors (Lipinski definition) is 3. The molecule has 0 saturated carbocycles. The Balaban J connectivity index is 1.88. The molecular formula is C17H20ClNO3. The summed E-state index contributed by atoms with van der Waals surface area (Å²) in [6, 6.07) is 5.58. The first-order valence-corrected chi connectivity index (χ1v) is 8.18. The zero-order valence-corrected chi connectivity index (χ0v) is 13.6. The minimum atomic E-state index is -0.540. The van der Waals surface area contributed by atoms with Crippen LogP contribution >= 0.6 is 11.6 Å². The van der Waals surface area contributed by atoms with Crippen molar-refractivity contribution in [3.63, 3.8) is 0 Å². The predicted molar refractivity (Wildman–Crippen MR) is 85.7 cm³/mol. The van der Waals surface area contributed by atoms with Crippen molar-refractivity contribution in [3.8, 4) is 0 Å². The van der Waals surface area contributed by atoms with E-state index < -0.39 is 5.38 Å². The molecule has 4 nitrogen and oxygen atoms in total. The van der Waals surface area contributed by atoms with Crippen molar-refractivity contribution in [3.05, 3.63) is 29.3 Å². The molecule has 0 spiro atoms. The number of nitrogens with zero attached hydrogens (tertiary/aromatic N) is 1. The van der Waals surface area contributed by atoms with Gasteiger partial charge in [-0.3, -0.25) is 9.59 Å². The maximum atomic E-state index is 12.7. The maximum Gasteiger partial charge on any atom is 0.256 e. The smallest absolute Gasteiger partial charge is 0.256 e. The van der Waals surface area contributed by atoms with Crippen LogP contribution < -0.4 is 4.90 Å². The molecule has 0 radical (unpaired) electrons. The highest BCUT2D eigenvalue weighted by Crippen LogP contribution is 2.35. The van der Waals surface area contributed by atoms with Crippen LogP contribution in [-0.4, -0.2) is 35.8 Å². The molecule has 1 aromatic carbocycles. The van der Waals surface area contributed by atoms with Crippen LogP contribution in [0.25, 0.3) is 0 Å². The fourth-order valence-corrected chi connectivity index (χ4v) is 3.40. The number of rotatable bonds is 3. The van der Waals surface area contributed by atoms with E-state index in [2.05, 4.69) is 0 Å². The van der Waals surface area contributed by atoms with Crippen LogP contribution in [0.1, 0.15) is 42.6 Å². The van der Waals surface area contributed by atoms with Gasteiger partial charge in [-0.1, -0.05) is 0 Å². The van der Waals surface area contributed by atoms with Crippen LogP contribution in [0.3, 0.4) is 0 Å². The SMILES string of the molecule is CC(Cl)C(=O)c1ccc2c(c1)CC(C)N2C(=O)C1CCCO1. The van der Waals surface area contributed by atoms with Gasteiger partial charge in [-0.15, -0.1) is 11.6 Å². The van der Waals surface area contributed by atoms with Crippen LogP contribution in [0.4, 0.5) is 5.69 Å². The van der Waals surface area contributed by atoms with Gasteiger partial charge in [-0.05, 0) is 56.9 Å². The molecule has 0 aromatic heterocycles. The molecule has 0 aliphatic carbocycles. The van der Waals surface area contributed by atoms with E-state index in [1.54, 1.807) is 13.0 Å². The summed E-state index contributed by atoms with van der Waals surface area (Å²) in [5, 5.41) is -0.540. The van der Waals surface area contributed by atoms with E-state index in [1.807, 2.05) is 24.0 Å². The first-order chi connectivity index (χ1) is 10.5. The molecule has 3 atom stereocenters. The van der Waals surface area contributed by atoms with Gasteiger partial charge in [0.25, 0.3) is 5.91 Å². The number of hydrogen-bond donors (Lipinski definition) is 0. The Bertz CT molecular complexity index is 608. The van der Waals surface area contributed by atoms with Crippen molar-refractivity contribution >= 4 is 29.0 Å². The van der Waals surface area contributed by atoms with Gasteiger partial charge in [0.1, 0.15) is 6.10 Å². The summed E-state index contributed by atoms with van der Waals surface area (Å²) in [7, 11) is 0. The van der Waals surface area contributed by atoms with Gasteiger partial charge in [-0.2, -0.15) is 0 Å². The third-order valence-electron chi connectivity index (χ3n) is 4.38. The molecule has 1 saturated heterocycles. The molecule has 1 amide bonds. The average Bonchev–Trinajstić information content (AvgIpc) is 3.11. The van der Waals surface area contributed by atoms with Crippen LogP contribution in [-0.2, 0) is 16.0 Å². The lowest BCUT2D eigenvalue weighted by Crippen LogP contribution is -2.42. The van der Waals surface area contributed by atoms with Gasteiger partial charge in [0.15, 0.2) is 5.78 Å². The maximum absolute atomic E-state index is 12.7. The molecule has 1 aromatic rings. The van der Waals surface area contributed by atoms with Crippen molar-refractivity contribution in [2.75, 3.05) is 11.5 Å². The summed E-state index contributed by atoms with van der Waals surface area (Å²) < 4.78 is 5.52. The second kappa shape index (κ2) is 6.01. The zero-order chi connectivity index (χ0) is 15.9. The van der Waals surface area contributed by atoms with Gasteiger partial charge in [-0.25, -0.2) is 0 Å². The van der Waals surface area contributed by atoms with Crippen molar-refractivity contribution < 1.29 is 14.3 Å². The van der Waals surface area contributed by atoms with Gasteiger partial charge in [0.05, 0.1) is 5.38 Å². The van der Waals surface area contributed by atoms with Crippen LogP contribution in [0.2, 0.25) is 0 Å². The van der Waals surface area contributed by atoms with Gasteiger partial charge in [0, 0.05) is 23.9 Å². The molecule has 2 aliphatic rings. The third kappa shape index (κ3) is 2.66. The molecule has 0 bridgehead atoms. The number of fused-ring (bicyclic) bond motifs is 1. The van der Waals surface area contributed by atoms with Crippen molar-refractivity contribution in [2.24, 2.45) is 0 Å². The van der Waals surface area contributed by atoms with E-state index >= 15 is 0 Å². The third-order valence-corrected chi connectivity index (χ3v) is 4.58. The molecular weight excluding hydrogens is 302 g/mol. The Hall–Kier alpha value is -1.39. The highest BCUT2D eigenvalue weighted by molar-refractivity contribution is 6.33. The molecule has 2 heterocycles. The summed E-state index contributed by atoms with van der Waals surface area (Å²) >= 11 is 5.88. The van der Waals surface area contributed by atoms with E-state index in [-0.39, 0.29) is 23.8 Å². The van der Waals surface area contributed by atoms with E-state index in [0.717, 1.165) is 30.5 Å². The number of Topliss-reactive ketones (excluding diaryl/α,β-unsaturated/α-hetero) is 1. The quantitative estimate of drug-likeness (QED) is 0.635. The van der Waals surface area contributed by atoms with Gasteiger partial charge < -0.3 is 9.64 Å². The molecule has 3 unspecified atom stereocenters. The van der Waals surface area contributed by atoms with Crippen LogP contribution in [0.15, 0.2) is 18.2 Å². The Labute approximate surface area is 135 Å². The number of anilines is 1. The summed E-state index contributed by atoms with van der Waals surface area (Å²) in [5.74, 6) is -0.0467. The van der Waals surface area contributed by atoms with E-state index in [0.29, 0.717) is 12.2 Å². The van der Waals surface area contributed by atoms with E-state index in [4.69, 9.17) is 16.3 Å². The number of benzene rings is 1. The zero-order valence-electron chi connectivity index (χ0n) is 12.8. The first kappa shape index (κ1) is 15.5. The number of alkyl halides is 1. The monoisotopic (exact) mass is 321 g/mol. The number of halogens is 1. The van der Waals surface area contributed by atoms with E-state index in [1.165, 1.54) is 0 Å². The van der Waals surface area contributed by atoms with E-state index in [9.17, 15) is 9.59 Å². The molecule has 22 heavy (non-hydrogen) atoms. The Kier molecular flexibility index (Phi) is 4.24. The summed E-state index contributed by atoms with van der Waals surface area (Å²) in [6.45, 7) is 4.36. The average molecular weight is 322 g/mol. The molecule has 118 valence electrons. The second-order valence-corrected chi connectivity index (χ2v) is 6.74. The summed E-state index contributed by atoms with van der Waals surface area (Å²) in [4.78, 5) is 26.5. The fourth-order valence-electron chi connectivity index (χ4n) is 3.28. The van der Waals surface area contributed by atoms with Gasteiger partial charge in [0.2, 0.25) is 0 Å². The fraction of sp³-hybridized carbons (Fsp3) is 0.529. The first-order valence-electron chi connectivity index (χ1n) is 7.75. The number of ketones is 1. The highest BCUT2D eigenvalue weighted by Gasteiger charge is 2.36. The second-order valence-electron chi connectivity index (χ2n) is 6.09. The normalized spacial score (nSPS) is 25.1. The van der Waals surface area contributed by atoms with Crippen LogP contribution in [0, 0.1) is 0 Å². The summed E-state index contributed by atoms with van der Waals surface area (Å²) in [5.41, 5.74) is 2.54. The lowest BCUT2D eigenvalue weighted by Gasteiger charge is -2.25.